The first kappa shape index (κ1) is 45.2. The summed E-state index contributed by atoms with van der Waals surface area (Å²) < 4.78 is 24.1. The summed E-state index contributed by atoms with van der Waals surface area (Å²) in [7, 11) is 3.05. The molecule has 3 fully saturated rings. The molecule has 0 radical (unpaired) electrons. The number of carbonyl (C=O) groups excluding carboxylic acids is 4. The van der Waals surface area contributed by atoms with Crippen LogP contribution in [-0.4, -0.2) is 124 Å². The molecule has 2 bridgehead atoms. The smallest absolute Gasteiger partial charge is 0.329 e. The maximum atomic E-state index is 14.2. The van der Waals surface area contributed by atoms with Crippen LogP contribution in [0.25, 0.3) is 0 Å². The number of rotatable bonds is 5. The van der Waals surface area contributed by atoms with Gasteiger partial charge in [-0.3, -0.25) is 14.4 Å². The summed E-state index contributed by atoms with van der Waals surface area (Å²) in [6, 6.07) is -1.15. The number of Topliss-reactive ketones (excluding diaryl/α,β-unsaturated/α-hetero) is 2. The first-order valence-electron chi connectivity index (χ1n) is 20.4. The number of methoxy groups -OCH3 is 2. The first-order valence-corrected chi connectivity index (χ1v) is 20.4. The summed E-state index contributed by atoms with van der Waals surface area (Å²) in [6.07, 6.45) is 2.16. The summed E-state index contributed by atoms with van der Waals surface area (Å²) in [4.78, 5) is 57.4. The van der Waals surface area contributed by atoms with Gasteiger partial charge in [-0.1, -0.05) is 45.4 Å². The molecule has 5 unspecified atom stereocenters. The molecule has 4 N–H and O–H groups in total. The van der Waals surface area contributed by atoms with Gasteiger partial charge >= 0.3 is 5.97 Å². The zero-order valence-corrected chi connectivity index (χ0v) is 34.1. The molecule has 0 aromatic carbocycles. The fourth-order valence-electron chi connectivity index (χ4n) is 9.16. The number of aliphatic hydroxyl groups is 4. The van der Waals surface area contributed by atoms with E-state index in [1.165, 1.54) is 14.2 Å². The van der Waals surface area contributed by atoms with Crippen LogP contribution in [0.15, 0.2) is 23.3 Å². The van der Waals surface area contributed by atoms with E-state index < -0.39 is 90.0 Å². The number of cyclic esters (lactones) is 1. The lowest BCUT2D eigenvalue weighted by Gasteiger charge is -2.47. The predicted molar refractivity (Wildman–Crippen MR) is 203 cm³/mol. The molecule has 3 heterocycles. The molecule has 2 saturated heterocycles. The number of fused-ring (bicyclic) bond motifs is 3. The topological polar surface area (TPSA) is 189 Å². The van der Waals surface area contributed by atoms with Crippen molar-refractivity contribution in [3.63, 3.8) is 0 Å². The van der Waals surface area contributed by atoms with Gasteiger partial charge in [-0.15, -0.1) is 0 Å². The van der Waals surface area contributed by atoms with E-state index in [-0.39, 0.29) is 43.4 Å². The molecule has 13 heteroatoms. The molecule has 1 aliphatic carbocycles. The molecule has 312 valence electrons. The van der Waals surface area contributed by atoms with Crippen LogP contribution in [0, 0.1) is 29.6 Å². The van der Waals surface area contributed by atoms with Gasteiger partial charge in [0.15, 0.2) is 0 Å². The van der Waals surface area contributed by atoms with Crippen LogP contribution in [0.4, 0.5) is 0 Å². The number of allylic oxidation sites excluding steroid dienone is 3. The normalized spacial score (nSPS) is 42.1. The Bertz CT molecular complexity index is 1410. The Hall–Kier alpha value is -2.52. The molecule has 14 atom stereocenters. The van der Waals surface area contributed by atoms with Crippen molar-refractivity contribution in [2.45, 2.75) is 167 Å². The Kier molecular flexibility index (Phi) is 16.2. The van der Waals surface area contributed by atoms with Crippen molar-refractivity contribution in [2.75, 3.05) is 20.8 Å². The molecule has 55 heavy (non-hydrogen) atoms. The summed E-state index contributed by atoms with van der Waals surface area (Å²) in [6.45, 7) is 11.1. The fourth-order valence-corrected chi connectivity index (χ4v) is 9.16. The summed E-state index contributed by atoms with van der Waals surface area (Å²) >= 11 is 0. The van der Waals surface area contributed by atoms with E-state index in [0.717, 1.165) is 10.5 Å². The number of ether oxygens (including phenoxy) is 4. The van der Waals surface area contributed by atoms with Crippen molar-refractivity contribution in [1.82, 2.24) is 4.90 Å². The lowest BCUT2D eigenvalue weighted by Crippen LogP contribution is -2.64. The molecule has 1 amide bonds. The molecule has 0 spiro atoms. The lowest BCUT2D eigenvalue weighted by molar-refractivity contribution is -0.302. The van der Waals surface area contributed by atoms with Crippen molar-refractivity contribution in [2.24, 2.45) is 29.6 Å². The Labute approximate surface area is 326 Å². The molecule has 3 aliphatic heterocycles. The van der Waals surface area contributed by atoms with E-state index in [1.807, 2.05) is 32.9 Å². The third-order valence-electron chi connectivity index (χ3n) is 12.6. The minimum atomic E-state index is -2.51. The van der Waals surface area contributed by atoms with Crippen molar-refractivity contribution >= 4 is 23.4 Å². The van der Waals surface area contributed by atoms with Crippen LogP contribution < -0.4 is 0 Å². The quantitative estimate of drug-likeness (QED) is 0.180. The van der Waals surface area contributed by atoms with Crippen LogP contribution in [0.1, 0.15) is 112 Å². The summed E-state index contributed by atoms with van der Waals surface area (Å²) in [5.41, 5.74) is 1.59. The number of hydrogen-bond acceptors (Lipinski definition) is 12. The van der Waals surface area contributed by atoms with Gasteiger partial charge < -0.3 is 44.3 Å². The zero-order valence-electron chi connectivity index (χ0n) is 34.1. The van der Waals surface area contributed by atoms with Crippen molar-refractivity contribution in [3.05, 3.63) is 23.3 Å². The lowest BCUT2D eigenvalue weighted by atomic mass is 9.81. The highest BCUT2D eigenvalue weighted by atomic mass is 16.7. The van der Waals surface area contributed by atoms with Gasteiger partial charge in [0.1, 0.15) is 24.0 Å². The van der Waals surface area contributed by atoms with Crippen LogP contribution in [0.2, 0.25) is 0 Å². The van der Waals surface area contributed by atoms with Gasteiger partial charge in [-0.2, -0.15) is 0 Å². The van der Waals surface area contributed by atoms with Crippen LogP contribution >= 0.6 is 0 Å². The Morgan fingerprint density at radius 3 is 2.24 bits per heavy atom. The average Bonchev–Trinajstić information content (AvgIpc) is 3.15. The summed E-state index contributed by atoms with van der Waals surface area (Å²) in [5.74, 6) is -7.77. The van der Waals surface area contributed by atoms with E-state index >= 15 is 0 Å². The van der Waals surface area contributed by atoms with Crippen LogP contribution in [0.3, 0.4) is 0 Å². The Balaban J connectivity index is 1.76. The van der Waals surface area contributed by atoms with Gasteiger partial charge in [0.05, 0.1) is 30.5 Å². The van der Waals surface area contributed by atoms with E-state index in [2.05, 4.69) is 0 Å². The number of nitrogens with zero attached hydrogens (tertiary/aromatic N) is 1. The Morgan fingerprint density at radius 2 is 1.60 bits per heavy atom. The maximum absolute atomic E-state index is 14.2. The monoisotopic (exact) mass is 777 g/mol. The fraction of sp³-hybridized carbons (Fsp3) is 0.810. The van der Waals surface area contributed by atoms with Gasteiger partial charge in [0.25, 0.3) is 11.7 Å². The standard InChI is InChI=1S/C42H67NO12/c1-9-29-17-23(2)16-24(3)18-35(52-7)38-36(53-8)20-26(5)42(51,55-38)39(48)40(49)43-15-11-10-12-30(43)41(50)54-37(27(6)32(45)22-33(29)46)25(4)19-28-13-14-31(44)34(47)21-28/h17,19,24,26-32,34-38,44-45,47,51H,9-16,18,20-22H2,1-8H3/b23-17+,25-19+/t24-,26?,27+,28-,29+,30?,31+,32-,34?,35-,36?,37+,38+,42?/m0/s1. The molecular formula is C42H67NO12. The Morgan fingerprint density at radius 1 is 0.927 bits per heavy atom. The molecule has 1 saturated carbocycles. The number of amides is 1. The predicted octanol–water partition coefficient (Wildman–Crippen LogP) is 3.82. The number of piperidine rings is 1. The summed E-state index contributed by atoms with van der Waals surface area (Å²) in [5, 5.41) is 44.0. The second-order valence-electron chi connectivity index (χ2n) is 16.9. The number of hydrogen-bond donors (Lipinski definition) is 4. The third-order valence-corrected chi connectivity index (χ3v) is 12.6. The zero-order chi connectivity index (χ0) is 40.8. The van der Waals surface area contributed by atoms with E-state index in [4.69, 9.17) is 18.9 Å². The molecule has 13 nitrogen and oxygen atoms in total. The number of ketones is 2. The van der Waals surface area contributed by atoms with E-state index in [0.29, 0.717) is 56.9 Å². The minimum absolute atomic E-state index is 0.0285. The molecule has 4 rings (SSSR count). The molecular weight excluding hydrogens is 710 g/mol. The largest absolute Gasteiger partial charge is 0.456 e. The third kappa shape index (κ3) is 10.7. The number of aliphatic hydroxyl groups excluding tert-OH is 3. The first-order chi connectivity index (χ1) is 25.9. The average molecular weight is 778 g/mol. The van der Waals surface area contributed by atoms with Gasteiger partial charge in [0.2, 0.25) is 5.79 Å². The molecule has 4 aliphatic rings. The van der Waals surface area contributed by atoms with Gasteiger partial charge in [0, 0.05) is 44.9 Å². The minimum Gasteiger partial charge on any atom is -0.456 e. The van der Waals surface area contributed by atoms with Crippen molar-refractivity contribution < 1.29 is 58.6 Å². The van der Waals surface area contributed by atoms with Crippen molar-refractivity contribution in [3.8, 4) is 0 Å². The molecule has 0 aromatic heterocycles. The molecule has 0 aromatic rings. The second kappa shape index (κ2) is 19.8. The van der Waals surface area contributed by atoms with E-state index in [1.54, 1.807) is 20.8 Å². The number of esters is 1. The SMILES string of the molecule is CC[C@@H]1/C=C(\C)C[C@H](C)C[C@H](OC)[C@H]2OC(O)(C(=O)C(=O)N3CCCCC3C(=O)O[C@H](/C(C)=C/[C@@H]3CC[C@@H](O)C(O)C3)[C@H](C)[C@@H](O)CC1=O)C(C)CC2OC. The van der Waals surface area contributed by atoms with Crippen LogP contribution in [-0.2, 0) is 38.1 Å². The highest BCUT2D eigenvalue weighted by Gasteiger charge is 2.56. The van der Waals surface area contributed by atoms with Gasteiger partial charge in [-0.05, 0) is 95.5 Å². The number of carbonyl (C=O) groups is 4. The highest BCUT2D eigenvalue weighted by Crippen LogP contribution is 2.39. The highest BCUT2D eigenvalue weighted by molar-refractivity contribution is 6.39. The van der Waals surface area contributed by atoms with Crippen LogP contribution in [0.5, 0.6) is 0 Å². The van der Waals surface area contributed by atoms with Gasteiger partial charge in [-0.25, -0.2) is 4.79 Å². The maximum Gasteiger partial charge on any atom is 0.329 e. The van der Waals surface area contributed by atoms with E-state index in [9.17, 15) is 39.6 Å². The van der Waals surface area contributed by atoms with Crippen molar-refractivity contribution in [1.29, 1.82) is 0 Å². The second-order valence-corrected chi connectivity index (χ2v) is 16.9.